The molecule has 0 aromatic heterocycles. The van der Waals surface area contributed by atoms with Crippen LogP contribution in [0.2, 0.25) is 0 Å². The monoisotopic (exact) mass is 315 g/mol. The smallest absolute Gasteiger partial charge is 0.292 e. The molecular weight excluding hydrogens is 298 g/mol. The zero-order valence-electron chi connectivity index (χ0n) is 11.5. The number of nitro groups is 1. The summed E-state index contributed by atoms with van der Waals surface area (Å²) in [5, 5.41) is 10.7. The Morgan fingerprint density at radius 3 is 2.57 bits per heavy atom. The second kappa shape index (κ2) is 5.58. The predicted molar refractivity (Wildman–Crippen MR) is 76.3 cm³/mol. The van der Waals surface area contributed by atoms with E-state index in [1.165, 1.54) is 0 Å². The van der Waals surface area contributed by atoms with Crippen LogP contribution in [0.1, 0.15) is 19.3 Å². The maximum atomic E-state index is 12.2. The van der Waals surface area contributed by atoms with E-state index in [0.29, 0.717) is 0 Å². The molecule has 2 rings (SSSR count). The summed E-state index contributed by atoms with van der Waals surface area (Å²) in [6.07, 6.45) is 2.60. The fourth-order valence-electron chi connectivity index (χ4n) is 2.20. The number of methoxy groups -OCH3 is 1. The van der Waals surface area contributed by atoms with E-state index in [2.05, 4.69) is 4.72 Å². The zero-order chi connectivity index (χ0) is 15.7. The molecule has 1 aliphatic rings. The zero-order valence-corrected chi connectivity index (χ0v) is 12.4. The van der Waals surface area contributed by atoms with Gasteiger partial charge in [-0.1, -0.05) is 0 Å². The van der Waals surface area contributed by atoms with Crippen molar-refractivity contribution in [2.45, 2.75) is 29.8 Å². The Labute approximate surface area is 122 Å². The first-order valence-electron chi connectivity index (χ1n) is 6.38. The van der Waals surface area contributed by atoms with Crippen molar-refractivity contribution in [3.05, 3.63) is 28.3 Å². The molecule has 1 saturated carbocycles. The molecule has 9 heteroatoms. The number of nitrogens with two attached hydrogens (primary N) is 1. The van der Waals surface area contributed by atoms with Crippen molar-refractivity contribution >= 4 is 21.4 Å². The molecule has 0 heterocycles. The largest absolute Gasteiger partial charge is 0.393 e. The molecular formula is C12H17N3O5S. The lowest BCUT2D eigenvalue weighted by molar-refractivity contribution is -0.383. The van der Waals surface area contributed by atoms with Crippen molar-refractivity contribution in [1.29, 1.82) is 0 Å². The van der Waals surface area contributed by atoms with Crippen LogP contribution in [0.25, 0.3) is 0 Å². The maximum Gasteiger partial charge on any atom is 0.292 e. The van der Waals surface area contributed by atoms with Crippen molar-refractivity contribution in [3.63, 3.8) is 0 Å². The van der Waals surface area contributed by atoms with E-state index in [4.69, 9.17) is 10.5 Å². The molecule has 1 aromatic carbocycles. The topological polar surface area (TPSA) is 125 Å². The third-order valence-electron chi connectivity index (χ3n) is 3.79. The van der Waals surface area contributed by atoms with Gasteiger partial charge in [0.05, 0.1) is 15.4 Å². The number of nitrogens with one attached hydrogen (secondary N) is 1. The van der Waals surface area contributed by atoms with Gasteiger partial charge in [-0.2, -0.15) is 0 Å². The molecule has 1 aromatic rings. The van der Waals surface area contributed by atoms with Crippen LogP contribution >= 0.6 is 0 Å². The highest BCUT2D eigenvalue weighted by Gasteiger charge is 2.38. The normalized spacial score (nSPS) is 17.2. The summed E-state index contributed by atoms with van der Waals surface area (Å²) in [7, 11) is -2.22. The SMILES string of the molecule is COC1(CNS(=O)(=O)c2ccc([N+](=O)[O-])c(N)c2)CCC1. The minimum absolute atomic E-state index is 0.101. The van der Waals surface area contributed by atoms with E-state index < -0.39 is 20.5 Å². The first-order chi connectivity index (χ1) is 9.80. The average Bonchev–Trinajstić information content (AvgIpc) is 2.37. The highest BCUT2D eigenvalue weighted by molar-refractivity contribution is 7.89. The van der Waals surface area contributed by atoms with E-state index in [9.17, 15) is 18.5 Å². The lowest BCUT2D eigenvalue weighted by Gasteiger charge is -2.40. The molecule has 3 N–H and O–H groups in total. The van der Waals surface area contributed by atoms with Gasteiger partial charge in [-0.15, -0.1) is 0 Å². The second-order valence-corrected chi connectivity index (χ2v) is 6.81. The van der Waals surface area contributed by atoms with Gasteiger partial charge in [-0.05, 0) is 31.4 Å². The van der Waals surface area contributed by atoms with Crippen LogP contribution in [0, 0.1) is 10.1 Å². The summed E-state index contributed by atoms with van der Waals surface area (Å²) in [5.74, 6) is 0. The number of nitro benzene ring substituents is 1. The van der Waals surface area contributed by atoms with E-state index in [1.54, 1.807) is 7.11 Å². The van der Waals surface area contributed by atoms with Crippen molar-refractivity contribution in [2.75, 3.05) is 19.4 Å². The van der Waals surface area contributed by atoms with Gasteiger partial charge in [0.15, 0.2) is 0 Å². The maximum absolute atomic E-state index is 12.2. The van der Waals surface area contributed by atoms with Crippen LogP contribution in [0.15, 0.2) is 23.1 Å². The van der Waals surface area contributed by atoms with E-state index >= 15 is 0 Å². The van der Waals surface area contributed by atoms with Gasteiger partial charge < -0.3 is 10.5 Å². The summed E-state index contributed by atoms with van der Waals surface area (Å²) in [5.41, 5.74) is 4.56. The lowest BCUT2D eigenvalue weighted by atomic mass is 9.80. The number of hydrogen-bond donors (Lipinski definition) is 2. The van der Waals surface area contributed by atoms with E-state index in [-0.39, 0.29) is 22.8 Å². The third kappa shape index (κ3) is 3.14. The number of nitrogen functional groups attached to an aromatic ring is 1. The Morgan fingerprint density at radius 1 is 1.48 bits per heavy atom. The van der Waals surface area contributed by atoms with Crippen LogP contribution in [0.3, 0.4) is 0 Å². The van der Waals surface area contributed by atoms with Gasteiger partial charge in [0.2, 0.25) is 10.0 Å². The Morgan fingerprint density at radius 2 is 2.14 bits per heavy atom. The van der Waals surface area contributed by atoms with Gasteiger partial charge in [-0.3, -0.25) is 10.1 Å². The van der Waals surface area contributed by atoms with Crippen LogP contribution in [0.4, 0.5) is 11.4 Å². The minimum atomic E-state index is -3.78. The third-order valence-corrected chi connectivity index (χ3v) is 5.19. The summed E-state index contributed by atoms with van der Waals surface area (Å²) in [4.78, 5) is 9.91. The molecule has 1 aliphatic carbocycles. The number of ether oxygens (including phenoxy) is 1. The Balaban J connectivity index is 2.16. The van der Waals surface area contributed by atoms with Gasteiger partial charge in [0.25, 0.3) is 5.69 Å². The number of anilines is 1. The van der Waals surface area contributed by atoms with Crippen LogP contribution in [0.5, 0.6) is 0 Å². The summed E-state index contributed by atoms with van der Waals surface area (Å²) >= 11 is 0. The van der Waals surface area contributed by atoms with Crippen LogP contribution < -0.4 is 10.5 Å². The number of nitrogens with zero attached hydrogens (tertiary/aromatic N) is 1. The summed E-state index contributed by atoms with van der Waals surface area (Å²) in [6, 6.07) is 3.33. The second-order valence-electron chi connectivity index (χ2n) is 5.04. The van der Waals surface area contributed by atoms with Crippen molar-refractivity contribution in [2.24, 2.45) is 0 Å². The highest BCUT2D eigenvalue weighted by Crippen LogP contribution is 2.34. The number of sulfonamides is 1. The Kier molecular flexibility index (Phi) is 4.17. The number of benzene rings is 1. The quantitative estimate of drug-likeness (QED) is 0.459. The molecule has 0 amide bonds. The molecule has 21 heavy (non-hydrogen) atoms. The molecule has 116 valence electrons. The highest BCUT2D eigenvalue weighted by atomic mass is 32.2. The van der Waals surface area contributed by atoms with E-state index in [1.807, 2.05) is 0 Å². The first-order valence-corrected chi connectivity index (χ1v) is 7.87. The Hall–Kier alpha value is -1.71. The molecule has 8 nitrogen and oxygen atoms in total. The molecule has 1 fully saturated rings. The fourth-order valence-corrected chi connectivity index (χ4v) is 3.35. The van der Waals surface area contributed by atoms with Gasteiger partial charge in [0, 0.05) is 19.7 Å². The van der Waals surface area contributed by atoms with Gasteiger partial charge >= 0.3 is 0 Å². The van der Waals surface area contributed by atoms with Gasteiger partial charge in [-0.25, -0.2) is 13.1 Å². The molecule has 0 atom stereocenters. The number of rotatable bonds is 6. The van der Waals surface area contributed by atoms with Crippen LogP contribution in [-0.4, -0.2) is 32.6 Å². The van der Waals surface area contributed by atoms with Gasteiger partial charge in [0.1, 0.15) is 5.69 Å². The summed E-state index contributed by atoms with van der Waals surface area (Å²) in [6.45, 7) is 0.169. The van der Waals surface area contributed by atoms with E-state index in [0.717, 1.165) is 37.5 Å². The van der Waals surface area contributed by atoms with Crippen molar-refractivity contribution in [3.8, 4) is 0 Å². The fraction of sp³-hybridized carbons (Fsp3) is 0.500. The van der Waals surface area contributed by atoms with Crippen molar-refractivity contribution in [1.82, 2.24) is 4.72 Å². The van der Waals surface area contributed by atoms with Crippen molar-refractivity contribution < 1.29 is 18.1 Å². The first kappa shape index (κ1) is 15.7. The minimum Gasteiger partial charge on any atom is -0.393 e. The number of hydrogen-bond acceptors (Lipinski definition) is 6. The molecule has 0 saturated heterocycles. The molecule has 0 aliphatic heterocycles. The summed E-state index contributed by atoms with van der Waals surface area (Å²) < 4.78 is 32.2. The average molecular weight is 315 g/mol. The Bertz CT molecular complexity index is 649. The van der Waals surface area contributed by atoms with Crippen LogP contribution in [-0.2, 0) is 14.8 Å². The molecule has 0 radical (unpaired) electrons. The molecule has 0 bridgehead atoms. The standard InChI is InChI=1S/C12H17N3O5S/c1-20-12(5-2-6-12)8-14-21(18,19)9-3-4-11(15(16)17)10(13)7-9/h3-4,7,14H,2,5-6,8,13H2,1H3. The molecule has 0 unspecified atom stereocenters. The predicted octanol–water partition coefficient (Wildman–Crippen LogP) is 1.02. The lowest BCUT2D eigenvalue weighted by Crippen LogP contribution is -2.49. The molecule has 0 spiro atoms.